The van der Waals surface area contributed by atoms with Crippen LogP contribution in [-0.2, 0) is 0 Å². The number of hydrogen-bond donors (Lipinski definition) is 2. The van der Waals surface area contributed by atoms with E-state index in [-0.39, 0.29) is 0 Å². The highest BCUT2D eigenvalue weighted by atomic mass is 16.5. The van der Waals surface area contributed by atoms with Crippen LogP contribution in [0.15, 0.2) is 48.5 Å². The summed E-state index contributed by atoms with van der Waals surface area (Å²) in [6.45, 7) is 1.79. The molecule has 1 aromatic heterocycles. The van der Waals surface area contributed by atoms with Crippen LogP contribution >= 0.6 is 0 Å². The normalized spacial score (nSPS) is 10.5. The van der Waals surface area contributed by atoms with Gasteiger partial charge in [-0.25, -0.2) is 10.8 Å². The van der Waals surface area contributed by atoms with Crippen molar-refractivity contribution in [3.8, 4) is 11.6 Å². The number of benzene rings is 2. The Balaban J connectivity index is 1.94. The van der Waals surface area contributed by atoms with Gasteiger partial charge >= 0.3 is 0 Å². The molecule has 100 valence electrons. The number of nitrogen functional groups attached to an aromatic ring is 1. The van der Waals surface area contributed by atoms with Crippen LogP contribution in [-0.4, -0.2) is 9.97 Å². The van der Waals surface area contributed by atoms with E-state index in [0.29, 0.717) is 17.5 Å². The third kappa shape index (κ3) is 2.53. The number of nitrogens with two attached hydrogens (primary N) is 1. The van der Waals surface area contributed by atoms with E-state index in [0.717, 1.165) is 11.1 Å². The first-order valence-electron chi connectivity index (χ1n) is 6.23. The number of nitrogens with one attached hydrogen (secondary N) is 1. The molecule has 0 bridgehead atoms. The summed E-state index contributed by atoms with van der Waals surface area (Å²) < 4.78 is 5.76. The van der Waals surface area contributed by atoms with E-state index in [1.165, 1.54) is 5.39 Å². The highest BCUT2D eigenvalue weighted by Gasteiger charge is 2.04. The van der Waals surface area contributed by atoms with Crippen molar-refractivity contribution in [3.63, 3.8) is 0 Å². The monoisotopic (exact) mass is 266 g/mol. The predicted octanol–water partition coefficient (Wildman–Crippen LogP) is 3.02. The van der Waals surface area contributed by atoms with Crippen LogP contribution in [0.4, 0.5) is 5.82 Å². The first kappa shape index (κ1) is 12.4. The van der Waals surface area contributed by atoms with Gasteiger partial charge in [0.1, 0.15) is 17.4 Å². The van der Waals surface area contributed by atoms with Crippen molar-refractivity contribution < 1.29 is 4.74 Å². The molecule has 0 amide bonds. The maximum absolute atomic E-state index is 5.76. The third-order valence-electron chi connectivity index (χ3n) is 2.91. The van der Waals surface area contributed by atoms with Crippen LogP contribution in [0.5, 0.6) is 11.6 Å². The number of hydrogen-bond acceptors (Lipinski definition) is 5. The first-order valence-corrected chi connectivity index (χ1v) is 6.23. The number of anilines is 1. The fourth-order valence-electron chi connectivity index (χ4n) is 2.02. The SMILES string of the molecule is Cc1nc(NN)cc(Oc2ccc3ccccc3c2)n1. The van der Waals surface area contributed by atoms with Crippen molar-refractivity contribution >= 4 is 16.6 Å². The molecule has 0 atom stereocenters. The molecule has 5 nitrogen and oxygen atoms in total. The molecule has 3 rings (SSSR count). The molecule has 0 aliphatic carbocycles. The smallest absolute Gasteiger partial charge is 0.224 e. The summed E-state index contributed by atoms with van der Waals surface area (Å²) in [4.78, 5) is 8.34. The topological polar surface area (TPSA) is 73.1 Å². The largest absolute Gasteiger partial charge is 0.439 e. The number of ether oxygens (including phenoxy) is 1. The fraction of sp³-hybridized carbons (Fsp3) is 0.0667. The average Bonchev–Trinajstić information content (AvgIpc) is 2.46. The molecule has 20 heavy (non-hydrogen) atoms. The molecule has 0 saturated heterocycles. The molecule has 1 heterocycles. The standard InChI is InChI=1S/C15H14N4O/c1-10-17-14(19-16)9-15(18-10)20-13-7-6-11-4-2-3-5-12(11)8-13/h2-9H,16H2,1H3,(H,17,18,19). The number of rotatable bonds is 3. The molecular formula is C15H14N4O. The summed E-state index contributed by atoms with van der Waals surface area (Å²) in [6, 6.07) is 15.7. The molecule has 0 saturated carbocycles. The summed E-state index contributed by atoms with van der Waals surface area (Å²) in [5, 5.41) is 2.29. The minimum atomic E-state index is 0.459. The van der Waals surface area contributed by atoms with E-state index in [1.54, 1.807) is 13.0 Å². The molecule has 0 fully saturated rings. The lowest BCUT2D eigenvalue weighted by Gasteiger charge is -2.08. The van der Waals surface area contributed by atoms with E-state index in [9.17, 15) is 0 Å². The van der Waals surface area contributed by atoms with Crippen LogP contribution in [0.3, 0.4) is 0 Å². The van der Waals surface area contributed by atoms with Crippen molar-refractivity contribution in [3.05, 3.63) is 54.4 Å². The zero-order valence-corrected chi connectivity index (χ0v) is 11.0. The Labute approximate surface area is 116 Å². The van der Waals surface area contributed by atoms with E-state index >= 15 is 0 Å². The molecule has 0 radical (unpaired) electrons. The van der Waals surface area contributed by atoms with E-state index in [2.05, 4.69) is 21.5 Å². The quantitative estimate of drug-likeness (QED) is 0.563. The van der Waals surface area contributed by atoms with Crippen molar-refractivity contribution in [2.75, 3.05) is 5.43 Å². The van der Waals surface area contributed by atoms with E-state index < -0.39 is 0 Å². The molecular weight excluding hydrogens is 252 g/mol. The Morgan fingerprint density at radius 3 is 2.60 bits per heavy atom. The van der Waals surface area contributed by atoms with Gasteiger partial charge in [-0.1, -0.05) is 30.3 Å². The van der Waals surface area contributed by atoms with Gasteiger partial charge in [0.25, 0.3) is 0 Å². The van der Waals surface area contributed by atoms with Crippen LogP contribution < -0.4 is 16.0 Å². The number of hydrazine groups is 1. The molecule has 0 aliphatic rings. The Morgan fingerprint density at radius 1 is 1.00 bits per heavy atom. The number of nitrogens with zero attached hydrogens (tertiary/aromatic N) is 2. The van der Waals surface area contributed by atoms with Crippen LogP contribution in [0.1, 0.15) is 5.82 Å². The zero-order valence-electron chi connectivity index (χ0n) is 11.0. The van der Waals surface area contributed by atoms with Crippen molar-refractivity contribution in [2.24, 2.45) is 5.84 Å². The highest BCUT2D eigenvalue weighted by Crippen LogP contribution is 2.25. The number of fused-ring (bicyclic) bond motifs is 1. The van der Waals surface area contributed by atoms with Gasteiger partial charge in [0.05, 0.1) is 0 Å². The molecule has 3 aromatic rings. The zero-order chi connectivity index (χ0) is 13.9. The molecule has 5 heteroatoms. The highest BCUT2D eigenvalue weighted by molar-refractivity contribution is 5.83. The lowest BCUT2D eigenvalue weighted by molar-refractivity contribution is 0.461. The maximum atomic E-state index is 5.76. The molecule has 0 aliphatic heterocycles. The van der Waals surface area contributed by atoms with Gasteiger partial charge in [-0.3, -0.25) is 0 Å². The third-order valence-corrected chi connectivity index (χ3v) is 2.91. The summed E-state index contributed by atoms with van der Waals surface area (Å²) in [6.07, 6.45) is 0. The van der Waals surface area contributed by atoms with Gasteiger partial charge in [0, 0.05) is 6.07 Å². The van der Waals surface area contributed by atoms with Crippen LogP contribution in [0.25, 0.3) is 10.8 Å². The van der Waals surface area contributed by atoms with E-state index in [1.807, 2.05) is 36.4 Å². The number of aryl methyl sites for hydroxylation is 1. The van der Waals surface area contributed by atoms with E-state index in [4.69, 9.17) is 10.6 Å². The van der Waals surface area contributed by atoms with Crippen molar-refractivity contribution in [2.45, 2.75) is 6.92 Å². The first-order chi connectivity index (χ1) is 9.74. The number of aromatic nitrogens is 2. The van der Waals surface area contributed by atoms with Crippen molar-refractivity contribution in [1.82, 2.24) is 9.97 Å². The molecule has 0 spiro atoms. The Kier molecular flexibility index (Phi) is 3.18. The molecule has 2 aromatic carbocycles. The van der Waals surface area contributed by atoms with Crippen LogP contribution in [0.2, 0.25) is 0 Å². The van der Waals surface area contributed by atoms with Gasteiger partial charge in [-0.2, -0.15) is 4.98 Å². The van der Waals surface area contributed by atoms with Gasteiger partial charge in [-0.05, 0) is 29.8 Å². The van der Waals surface area contributed by atoms with Gasteiger partial charge in [0.2, 0.25) is 5.88 Å². The minimum absolute atomic E-state index is 0.459. The summed E-state index contributed by atoms with van der Waals surface area (Å²) in [5.41, 5.74) is 2.49. The lowest BCUT2D eigenvalue weighted by Crippen LogP contribution is -2.09. The maximum Gasteiger partial charge on any atom is 0.224 e. The second-order valence-corrected chi connectivity index (χ2v) is 4.39. The lowest BCUT2D eigenvalue weighted by atomic mass is 10.1. The summed E-state index contributed by atoms with van der Waals surface area (Å²) >= 11 is 0. The predicted molar refractivity (Wildman–Crippen MR) is 78.6 cm³/mol. The summed E-state index contributed by atoms with van der Waals surface area (Å²) in [7, 11) is 0. The second kappa shape index (κ2) is 5.14. The fourth-order valence-corrected chi connectivity index (χ4v) is 2.02. The van der Waals surface area contributed by atoms with Crippen LogP contribution in [0, 0.1) is 6.92 Å². The minimum Gasteiger partial charge on any atom is -0.439 e. The van der Waals surface area contributed by atoms with Gasteiger partial charge < -0.3 is 10.2 Å². The van der Waals surface area contributed by atoms with Gasteiger partial charge in [0.15, 0.2) is 0 Å². The molecule has 3 N–H and O–H groups in total. The average molecular weight is 266 g/mol. The van der Waals surface area contributed by atoms with Gasteiger partial charge in [-0.15, -0.1) is 0 Å². The molecule has 0 unspecified atom stereocenters. The Morgan fingerprint density at radius 2 is 1.80 bits per heavy atom. The second-order valence-electron chi connectivity index (χ2n) is 4.39. The Bertz CT molecular complexity index is 758. The Hall–Kier alpha value is -2.66. The summed E-state index contributed by atoms with van der Waals surface area (Å²) in [5.74, 6) is 7.66. The van der Waals surface area contributed by atoms with Crippen molar-refractivity contribution in [1.29, 1.82) is 0 Å².